The third kappa shape index (κ3) is 2.94. The Kier molecular flexibility index (Phi) is 4.41. The number of hydrogen-bond donors (Lipinski definition) is 0. The predicted molar refractivity (Wildman–Crippen MR) is 57.7 cm³/mol. The maximum absolute atomic E-state index is 13.1. The molecule has 19 heavy (non-hydrogen) atoms. The number of hydrogen-bond acceptors (Lipinski definition) is 3. The van der Waals surface area contributed by atoms with Gasteiger partial charge in [0.25, 0.3) is 0 Å². The Balaban J connectivity index is 3.43. The average molecular weight is 388 g/mol. The third-order valence-electron chi connectivity index (χ3n) is 1.71. The summed E-state index contributed by atoms with van der Waals surface area (Å²) in [5, 5.41) is 7.93. The van der Waals surface area contributed by atoms with Crippen LogP contribution >= 0.6 is 58.0 Å². The molecule has 110 valence electrons. The first-order valence-corrected chi connectivity index (χ1v) is 5.80. The van der Waals surface area contributed by atoms with E-state index in [1.165, 1.54) is 0 Å². The molecule has 1 aromatic rings. The molecule has 0 saturated heterocycles. The summed E-state index contributed by atoms with van der Waals surface area (Å²) < 4.78 is 56.4. The smallest absolute Gasteiger partial charge is 0.170 e. The molecule has 0 radical (unpaired) electrons. The van der Waals surface area contributed by atoms with E-state index in [0.717, 1.165) is 0 Å². The summed E-state index contributed by atoms with van der Waals surface area (Å²) in [5.41, 5.74) is 0. The Hall–Kier alpha value is 0.170. The maximum atomic E-state index is 13.1. The highest BCUT2D eigenvalue weighted by Crippen LogP contribution is 2.53. The van der Waals surface area contributed by atoms with Gasteiger partial charge < -0.3 is 0 Å². The molecule has 4 nitrogen and oxygen atoms in total. The fourth-order valence-electron chi connectivity index (χ4n) is 0.819. The number of nitrogens with zero attached hydrogens (tertiary/aromatic N) is 4. The highest BCUT2D eigenvalue weighted by molar-refractivity contribution is 6.75. The molecular formula is C5Cl5F5N4. The zero-order valence-corrected chi connectivity index (χ0v) is 11.8. The molecule has 0 N–H and O–H groups in total. The van der Waals surface area contributed by atoms with Crippen LogP contribution in [0.2, 0.25) is 0 Å². The summed E-state index contributed by atoms with van der Waals surface area (Å²) in [5.74, 6) is -1.38. The van der Waals surface area contributed by atoms with E-state index in [9.17, 15) is 22.0 Å². The van der Waals surface area contributed by atoms with E-state index in [1.54, 1.807) is 0 Å². The van der Waals surface area contributed by atoms with E-state index in [1.807, 2.05) is 0 Å². The second kappa shape index (κ2) is 4.87. The molecule has 1 aromatic heterocycles. The van der Waals surface area contributed by atoms with Crippen LogP contribution in [-0.2, 0) is 10.4 Å². The third-order valence-corrected chi connectivity index (χ3v) is 4.05. The lowest BCUT2D eigenvalue weighted by Gasteiger charge is -2.28. The van der Waals surface area contributed by atoms with Crippen molar-refractivity contribution in [3.63, 3.8) is 0 Å². The lowest BCUT2D eigenvalue weighted by atomic mass is 10.4. The zero-order valence-electron chi connectivity index (χ0n) is 8.07. The van der Waals surface area contributed by atoms with E-state index in [4.69, 9.17) is 58.0 Å². The fourth-order valence-corrected chi connectivity index (χ4v) is 1.31. The van der Waals surface area contributed by atoms with Crippen LogP contribution in [0.15, 0.2) is 0 Å². The van der Waals surface area contributed by atoms with Gasteiger partial charge in [-0.15, -0.1) is 5.10 Å². The molecule has 0 atom stereocenters. The molecule has 0 amide bonds. The molecule has 0 unspecified atom stereocenters. The highest BCUT2D eigenvalue weighted by Gasteiger charge is 2.64. The number of aromatic nitrogens is 4. The van der Waals surface area contributed by atoms with Crippen molar-refractivity contribution in [2.24, 2.45) is 0 Å². The zero-order chi connectivity index (χ0) is 15.3. The topological polar surface area (TPSA) is 43.6 Å². The van der Waals surface area contributed by atoms with Gasteiger partial charge in [-0.3, -0.25) is 0 Å². The quantitative estimate of drug-likeness (QED) is 0.572. The Bertz CT molecular complexity index is 425. The monoisotopic (exact) mass is 386 g/mol. The van der Waals surface area contributed by atoms with Crippen molar-refractivity contribution in [1.29, 1.82) is 0 Å². The number of halogens is 10. The van der Waals surface area contributed by atoms with Crippen LogP contribution in [0.4, 0.5) is 22.0 Å². The first-order valence-electron chi connectivity index (χ1n) is 3.91. The van der Waals surface area contributed by atoms with Gasteiger partial charge >= 0.3 is 12.2 Å². The molecule has 0 saturated carbocycles. The standard InChI is InChI=1S/C5Cl5F5N4/c6-2(7,3(8,9)10)1-16-17-18-19(1)5(14,15)4(11,12)13. The molecule has 1 heterocycles. The van der Waals surface area contributed by atoms with Gasteiger partial charge in [-0.2, -0.15) is 26.6 Å². The van der Waals surface area contributed by atoms with Crippen molar-refractivity contribution in [2.45, 2.75) is 20.3 Å². The number of alkyl halides is 10. The van der Waals surface area contributed by atoms with Gasteiger partial charge in [-0.1, -0.05) is 58.0 Å². The van der Waals surface area contributed by atoms with Gasteiger partial charge in [0.2, 0.25) is 8.13 Å². The fraction of sp³-hybridized carbons (Fsp3) is 0.800. The molecule has 0 aliphatic rings. The molecule has 14 heteroatoms. The van der Waals surface area contributed by atoms with Crippen LogP contribution in [0.25, 0.3) is 0 Å². The number of tetrazole rings is 1. The van der Waals surface area contributed by atoms with Crippen LogP contribution in [0.5, 0.6) is 0 Å². The Morgan fingerprint density at radius 2 is 1.37 bits per heavy atom. The van der Waals surface area contributed by atoms with Crippen molar-refractivity contribution >= 4 is 58.0 Å². The predicted octanol–water partition coefficient (Wildman–Crippen LogP) is 3.79. The van der Waals surface area contributed by atoms with Crippen molar-refractivity contribution in [2.75, 3.05) is 0 Å². The van der Waals surface area contributed by atoms with Gasteiger partial charge in [-0.05, 0) is 10.4 Å². The Morgan fingerprint density at radius 1 is 0.895 bits per heavy atom. The van der Waals surface area contributed by atoms with Gasteiger partial charge in [-0.25, -0.2) is 0 Å². The molecule has 0 fully saturated rings. The van der Waals surface area contributed by atoms with E-state index >= 15 is 0 Å². The largest absolute Gasteiger partial charge is 0.477 e. The van der Waals surface area contributed by atoms with Crippen LogP contribution in [-0.4, -0.2) is 30.2 Å². The second-order valence-electron chi connectivity index (χ2n) is 3.03. The first kappa shape index (κ1) is 17.2. The summed E-state index contributed by atoms with van der Waals surface area (Å²) in [6.07, 6.45) is -6.01. The van der Waals surface area contributed by atoms with E-state index in [0.29, 0.717) is 0 Å². The van der Waals surface area contributed by atoms with Crippen molar-refractivity contribution in [3.05, 3.63) is 5.82 Å². The van der Waals surface area contributed by atoms with Crippen LogP contribution < -0.4 is 0 Å². The Morgan fingerprint density at radius 3 is 1.74 bits per heavy atom. The van der Waals surface area contributed by atoms with Crippen molar-refractivity contribution in [3.8, 4) is 0 Å². The van der Waals surface area contributed by atoms with Gasteiger partial charge in [0.15, 0.2) is 5.82 Å². The second-order valence-corrected chi connectivity index (χ2v) is 6.63. The Labute approximate surface area is 126 Å². The summed E-state index contributed by atoms with van der Waals surface area (Å²) in [6, 6.07) is -5.49. The number of rotatable bonds is 2. The molecule has 0 aliphatic heterocycles. The van der Waals surface area contributed by atoms with Crippen molar-refractivity contribution in [1.82, 2.24) is 20.2 Å². The molecule has 0 spiro atoms. The lowest BCUT2D eigenvalue weighted by molar-refractivity contribution is -0.329. The van der Waals surface area contributed by atoms with Gasteiger partial charge in [0.05, 0.1) is 0 Å². The highest BCUT2D eigenvalue weighted by atomic mass is 35.6. The van der Waals surface area contributed by atoms with Crippen molar-refractivity contribution < 1.29 is 22.0 Å². The summed E-state index contributed by atoms with van der Waals surface area (Å²) in [6.45, 7) is 0. The molecule has 0 aliphatic carbocycles. The molecule has 0 aromatic carbocycles. The van der Waals surface area contributed by atoms with E-state index in [-0.39, 0.29) is 0 Å². The van der Waals surface area contributed by atoms with Gasteiger partial charge in [0.1, 0.15) is 0 Å². The summed E-state index contributed by atoms with van der Waals surface area (Å²) in [7, 11) is 0. The molecule has 0 bridgehead atoms. The van der Waals surface area contributed by atoms with E-state index < -0.39 is 30.9 Å². The summed E-state index contributed by atoms with van der Waals surface area (Å²) in [4.78, 5) is 0. The SMILES string of the molecule is FC(F)(F)C(F)(F)n1nnnc1C(Cl)(Cl)C(Cl)(Cl)Cl. The van der Waals surface area contributed by atoms with Gasteiger partial charge in [0, 0.05) is 0 Å². The minimum Gasteiger partial charge on any atom is -0.170 e. The minimum atomic E-state index is -6.01. The molecular weight excluding hydrogens is 388 g/mol. The minimum absolute atomic E-state index is 0.963. The first-order chi connectivity index (χ1) is 8.23. The average Bonchev–Trinajstić information content (AvgIpc) is 2.62. The molecule has 1 rings (SSSR count). The van der Waals surface area contributed by atoms with E-state index in [2.05, 4.69) is 15.5 Å². The van der Waals surface area contributed by atoms with Crippen LogP contribution in [0, 0.1) is 0 Å². The van der Waals surface area contributed by atoms with Crippen LogP contribution in [0.3, 0.4) is 0 Å². The maximum Gasteiger partial charge on any atom is 0.477 e. The normalized spacial score (nSPS) is 14.8. The lowest BCUT2D eigenvalue weighted by Crippen LogP contribution is -2.44. The summed E-state index contributed by atoms with van der Waals surface area (Å²) >= 11 is 26.7. The van der Waals surface area contributed by atoms with Crippen LogP contribution in [0.1, 0.15) is 5.82 Å².